The number of hydrogen-bond donors (Lipinski definition) is 2. The average Bonchev–Trinajstić information content (AvgIpc) is 2.82. The van der Waals surface area contributed by atoms with Crippen LogP contribution in [0.5, 0.6) is 0 Å². The smallest absolute Gasteiger partial charge is 0.408 e. The first-order valence-corrected chi connectivity index (χ1v) is 10.9. The summed E-state index contributed by atoms with van der Waals surface area (Å²) in [6, 6.07) is 21.4. The van der Waals surface area contributed by atoms with E-state index in [0.717, 1.165) is 16.7 Å². The largest absolute Gasteiger partial charge is 0.445 e. The Hall–Kier alpha value is -3.87. The minimum atomic E-state index is -0.711. The van der Waals surface area contributed by atoms with E-state index < -0.39 is 12.1 Å². The number of carbonyl (C=O) groups is 2. The van der Waals surface area contributed by atoms with Gasteiger partial charge < -0.3 is 19.9 Å². The number of hydrogen-bond acceptors (Lipinski definition) is 4. The molecule has 1 heterocycles. The van der Waals surface area contributed by atoms with E-state index in [1.165, 1.54) is 6.07 Å². The summed E-state index contributed by atoms with van der Waals surface area (Å²) in [6.45, 7) is 4.68. The number of carbonyl (C=O) groups excluding carboxylic acids is 2. The summed E-state index contributed by atoms with van der Waals surface area (Å²) in [6.07, 6.45) is 1.12. The van der Waals surface area contributed by atoms with Crippen LogP contribution in [0.15, 0.2) is 83.8 Å². The van der Waals surface area contributed by atoms with Crippen LogP contribution in [-0.2, 0) is 29.2 Å². The first kappa shape index (κ1) is 23.8. The maximum Gasteiger partial charge on any atom is 0.408 e. The molecule has 0 aliphatic carbocycles. The topological polar surface area (TPSA) is 89.4 Å². The van der Waals surface area contributed by atoms with Gasteiger partial charge in [-0.3, -0.25) is 9.59 Å². The van der Waals surface area contributed by atoms with Crippen LogP contribution in [0.4, 0.5) is 4.79 Å². The van der Waals surface area contributed by atoms with Crippen molar-refractivity contribution in [2.24, 2.45) is 5.92 Å². The summed E-state index contributed by atoms with van der Waals surface area (Å²) < 4.78 is 6.87. The zero-order valence-corrected chi connectivity index (χ0v) is 18.9. The SMILES string of the molecule is CC(C)[C@H](NC(=O)OCc1ccccc1)C(=O)NCc1ccc(Cn2ccccc2=O)cc1. The molecule has 2 N–H and O–H groups in total. The predicted octanol–water partition coefficient (Wildman–Crippen LogP) is 3.46. The molecular formula is C26H29N3O4. The van der Waals surface area contributed by atoms with Crippen LogP contribution in [0.1, 0.15) is 30.5 Å². The van der Waals surface area contributed by atoms with E-state index >= 15 is 0 Å². The highest BCUT2D eigenvalue weighted by Gasteiger charge is 2.24. The first-order valence-electron chi connectivity index (χ1n) is 10.9. The highest BCUT2D eigenvalue weighted by atomic mass is 16.5. The van der Waals surface area contributed by atoms with E-state index in [-0.39, 0.29) is 24.0 Å². The molecule has 2 aromatic carbocycles. The molecule has 0 radical (unpaired) electrons. The Morgan fingerprint density at radius 3 is 2.21 bits per heavy atom. The second-order valence-corrected chi connectivity index (χ2v) is 8.13. The number of aromatic nitrogens is 1. The van der Waals surface area contributed by atoms with E-state index in [4.69, 9.17) is 4.74 Å². The third-order valence-electron chi connectivity index (χ3n) is 5.18. The van der Waals surface area contributed by atoms with Crippen LogP contribution < -0.4 is 16.2 Å². The summed E-state index contributed by atoms with van der Waals surface area (Å²) >= 11 is 0. The van der Waals surface area contributed by atoms with Gasteiger partial charge in [0.15, 0.2) is 0 Å². The molecule has 0 aliphatic rings. The van der Waals surface area contributed by atoms with Gasteiger partial charge in [0.2, 0.25) is 5.91 Å². The molecule has 1 aromatic heterocycles. The van der Waals surface area contributed by atoms with Crippen LogP contribution in [-0.4, -0.2) is 22.6 Å². The lowest BCUT2D eigenvalue weighted by molar-refractivity contribution is -0.124. The average molecular weight is 448 g/mol. The Labute approximate surface area is 193 Å². The van der Waals surface area contributed by atoms with Crippen LogP contribution >= 0.6 is 0 Å². The van der Waals surface area contributed by atoms with Gasteiger partial charge in [0.25, 0.3) is 5.56 Å². The molecule has 0 unspecified atom stereocenters. The van der Waals surface area contributed by atoms with Gasteiger partial charge in [0.05, 0.1) is 6.54 Å². The van der Waals surface area contributed by atoms with Crippen LogP contribution in [0.2, 0.25) is 0 Å². The number of rotatable bonds is 9. The van der Waals surface area contributed by atoms with Crippen LogP contribution in [0.3, 0.4) is 0 Å². The fourth-order valence-electron chi connectivity index (χ4n) is 3.28. The quantitative estimate of drug-likeness (QED) is 0.526. The van der Waals surface area contributed by atoms with E-state index in [1.54, 1.807) is 16.8 Å². The lowest BCUT2D eigenvalue weighted by Crippen LogP contribution is -2.49. The van der Waals surface area contributed by atoms with E-state index in [2.05, 4.69) is 10.6 Å². The van der Waals surface area contributed by atoms with Crippen molar-refractivity contribution in [3.05, 3.63) is 106 Å². The lowest BCUT2D eigenvalue weighted by Gasteiger charge is -2.21. The van der Waals surface area contributed by atoms with Crippen molar-refractivity contribution in [2.45, 2.75) is 39.6 Å². The fourth-order valence-corrected chi connectivity index (χ4v) is 3.28. The Morgan fingerprint density at radius 2 is 1.55 bits per heavy atom. The van der Waals surface area contributed by atoms with E-state index in [0.29, 0.717) is 13.1 Å². The second kappa shape index (κ2) is 11.7. The van der Waals surface area contributed by atoms with Crippen molar-refractivity contribution < 1.29 is 14.3 Å². The molecule has 2 amide bonds. The van der Waals surface area contributed by atoms with E-state index in [9.17, 15) is 14.4 Å². The van der Waals surface area contributed by atoms with Gasteiger partial charge >= 0.3 is 6.09 Å². The number of nitrogens with one attached hydrogen (secondary N) is 2. The van der Waals surface area contributed by atoms with Crippen molar-refractivity contribution in [2.75, 3.05) is 0 Å². The molecule has 0 spiro atoms. The summed E-state index contributed by atoms with van der Waals surface area (Å²) in [4.78, 5) is 36.7. The monoisotopic (exact) mass is 447 g/mol. The van der Waals surface area contributed by atoms with Gasteiger partial charge in [0.1, 0.15) is 12.6 Å². The van der Waals surface area contributed by atoms with Crippen molar-refractivity contribution in [1.82, 2.24) is 15.2 Å². The number of alkyl carbamates (subject to hydrolysis) is 1. The van der Waals surface area contributed by atoms with Crippen LogP contribution in [0.25, 0.3) is 0 Å². The zero-order valence-electron chi connectivity index (χ0n) is 18.9. The normalized spacial score (nSPS) is 11.6. The summed E-state index contributed by atoms with van der Waals surface area (Å²) in [5.74, 6) is -0.387. The molecule has 7 nitrogen and oxygen atoms in total. The maximum absolute atomic E-state index is 12.7. The number of pyridine rings is 1. The maximum atomic E-state index is 12.7. The fraction of sp³-hybridized carbons (Fsp3) is 0.269. The number of ether oxygens (including phenoxy) is 1. The molecule has 1 atom stereocenters. The molecule has 0 aliphatic heterocycles. The summed E-state index contributed by atoms with van der Waals surface area (Å²) in [7, 11) is 0. The minimum Gasteiger partial charge on any atom is -0.445 e. The van der Waals surface area contributed by atoms with Crippen molar-refractivity contribution in [1.29, 1.82) is 0 Å². The highest BCUT2D eigenvalue weighted by molar-refractivity contribution is 5.85. The predicted molar refractivity (Wildman–Crippen MR) is 126 cm³/mol. The van der Waals surface area contributed by atoms with Gasteiger partial charge in [-0.05, 0) is 28.7 Å². The lowest BCUT2D eigenvalue weighted by atomic mass is 10.0. The molecule has 0 saturated heterocycles. The van der Waals surface area contributed by atoms with Gasteiger partial charge in [-0.15, -0.1) is 0 Å². The van der Waals surface area contributed by atoms with Crippen LogP contribution in [0, 0.1) is 5.92 Å². The molecule has 3 rings (SSSR count). The number of benzene rings is 2. The molecule has 33 heavy (non-hydrogen) atoms. The molecule has 172 valence electrons. The highest BCUT2D eigenvalue weighted by Crippen LogP contribution is 2.08. The Morgan fingerprint density at radius 1 is 0.879 bits per heavy atom. The molecule has 7 heteroatoms. The standard InChI is InChI=1S/C26H29N3O4/c1-19(2)24(28-26(32)33-18-22-8-4-3-5-9-22)25(31)27-16-20-11-13-21(14-12-20)17-29-15-7-6-10-23(29)30/h3-15,19,24H,16-18H2,1-2H3,(H,27,31)(H,28,32)/t24-/m0/s1. The zero-order chi connectivity index (χ0) is 23.6. The molecule has 3 aromatic rings. The van der Waals surface area contributed by atoms with Crippen molar-refractivity contribution >= 4 is 12.0 Å². The summed E-state index contributed by atoms with van der Waals surface area (Å²) in [5, 5.41) is 5.53. The number of amides is 2. The Balaban J connectivity index is 1.50. The first-order chi connectivity index (χ1) is 15.9. The minimum absolute atomic E-state index is 0.0524. The second-order valence-electron chi connectivity index (χ2n) is 8.13. The summed E-state index contributed by atoms with van der Waals surface area (Å²) in [5.41, 5.74) is 2.73. The van der Waals surface area contributed by atoms with E-state index in [1.807, 2.05) is 74.5 Å². The van der Waals surface area contributed by atoms with Crippen molar-refractivity contribution in [3.8, 4) is 0 Å². The van der Waals surface area contributed by atoms with Gasteiger partial charge in [0, 0.05) is 18.8 Å². The molecule has 0 fully saturated rings. The molecular weight excluding hydrogens is 418 g/mol. The Bertz CT molecular complexity index is 1110. The van der Waals surface area contributed by atoms with Crippen molar-refractivity contribution in [3.63, 3.8) is 0 Å². The third-order valence-corrected chi connectivity index (χ3v) is 5.18. The Kier molecular flexibility index (Phi) is 8.41. The van der Waals surface area contributed by atoms with Gasteiger partial charge in [-0.1, -0.05) is 74.5 Å². The van der Waals surface area contributed by atoms with Gasteiger partial charge in [-0.2, -0.15) is 0 Å². The number of nitrogens with zero attached hydrogens (tertiary/aromatic N) is 1. The molecule has 0 saturated carbocycles. The van der Waals surface area contributed by atoms with Gasteiger partial charge in [-0.25, -0.2) is 4.79 Å². The molecule has 0 bridgehead atoms. The third kappa shape index (κ3) is 7.35.